The molecule has 74 valence electrons. The van der Waals surface area contributed by atoms with E-state index in [1.165, 1.54) is 11.3 Å². The van der Waals surface area contributed by atoms with E-state index in [-0.39, 0.29) is 0 Å². The third-order valence-corrected chi connectivity index (χ3v) is 3.50. The first-order valence-electron chi connectivity index (χ1n) is 4.57. The molecule has 1 aromatic heterocycles. The number of halogens is 1. The summed E-state index contributed by atoms with van der Waals surface area (Å²) in [5.41, 5.74) is 0. The van der Waals surface area contributed by atoms with E-state index < -0.39 is 0 Å². The minimum absolute atomic E-state index is 0.380. The first-order chi connectivity index (χ1) is 6.22. The van der Waals surface area contributed by atoms with Crippen LogP contribution in [0.1, 0.15) is 31.6 Å². The summed E-state index contributed by atoms with van der Waals surface area (Å²) in [4.78, 5) is 1.29. The van der Waals surface area contributed by atoms with Crippen LogP contribution in [0.15, 0.2) is 15.9 Å². The molecule has 0 radical (unpaired) electrons. The van der Waals surface area contributed by atoms with Crippen LogP contribution < -0.4 is 0 Å². The fourth-order valence-electron chi connectivity index (χ4n) is 1.14. The highest BCUT2D eigenvalue weighted by molar-refractivity contribution is 9.10. The monoisotopic (exact) mass is 262 g/mol. The lowest BCUT2D eigenvalue weighted by Crippen LogP contribution is -2.06. The van der Waals surface area contributed by atoms with Crippen LogP contribution in [0.25, 0.3) is 0 Å². The highest BCUT2D eigenvalue weighted by Crippen LogP contribution is 2.21. The topological polar surface area (TPSA) is 9.23 Å². The van der Waals surface area contributed by atoms with Crippen molar-refractivity contribution in [3.8, 4) is 0 Å². The molecule has 0 spiro atoms. The van der Waals surface area contributed by atoms with Gasteiger partial charge in [0.15, 0.2) is 0 Å². The Bertz CT molecular complexity index is 247. The number of hydrogen-bond acceptors (Lipinski definition) is 2. The van der Waals surface area contributed by atoms with Crippen molar-refractivity contribution in [3.63, 3.8) is 0 Å². The molecule has 1 aromatic rings. The van der Waals surface area contributed by atoms with E-state index in [1.807, 2.05) is 0 Å². The van der Waals surface area contributed by atoms with E-state index in [2.05, 4.69) is 41.2 Å². The normalized spacial score (nSPS) is 13.2. The van der Waals surface area contributed by atoms with E-state index in [4.69, 9.17) is 4.74 Å². The summed E-state index contributed by atoms with van der Waals surface area (Å²) >= 11 is 5.16. The maximum Gasteiger partial charge on any atom is 0.0813 e. The smallest absolute Gasteiger partial charge is 0.0813 e. The standard InChI is InChI=1S/C10H15BrOS/c1-3-4-8(2)12-6-10-5-9(11)7-13-10/h5,7-8H,3-4,6H2,1-2H3. The molecule has 0 aliphatic carbocycles. The van der Waals surface area contributed by atoms with Crippen LogP contribution in [-0.2, 0) is 11.3 Å². The Labute approximate surface area is 92.2 Å². The zero-order valence-corrected chi connectivity index (χ0v) is 10.5. The SMILES string of the molecule is CCCC(C)OCc1cc(Br)cs1. The second kappa shape index (κ2) is 5.78. The molecule has 13 heavy (non-hydrogen) atoms. The molecule has 0 aromatic carbocycles. The summed E-state index contributed by atoms with van der Waals surface area (Å²) in [5.74, 6) is 0. The largest absolute Gasteiger partial charge is 0.373 e. The lowest BCUT2D eigenvalue weighted by atomic mass is 10.2. The van der Waals surface area contributed by atoms with Crippen LogP contribution in [0.3, 0.4) is 0 Å². The van der Waals surface area contributed by atoms with Crippen molar-refractivity contribution in [1.29, 1.82) is 0 Å². The predicted octanol–water partition coefficient (Wildman–Crippen LogP) is 4.22. The average molecular weight is 263 g/mol. The maximum atomic E-state index is 5.67. The van der Waals surface area contributed by atoms with Gasteiger partial charge in [0.1, 0.15) is 0 Å². The van der Waals surface area contributed by atoms with Gasteiger partial charge in [0.25, 0.3) is 0 Å². The van der Waals surface area contributed by atoms with Crippen LogP contribution in [0.4, 0.5) is 0 Å². The van der Waals surface area contributed by atoms with Crippen molar-refractivity contribution in [1.82, 2.24) is 0 Å². The Morgan fingerprint density at radius 3 is 2.92 bits per heavy atom. The van der Waals surface area contributed by atoms with E-state index in [0.29, 0.717) is 6.10 Å². The van der Waals surface area contributed by atoms with Crippen LogP contribution in [0.2, 0.25) is 0 Å². The molecule has 0 saturated heterocycles. The Morgan fingerprint density at radius 1 is 1.62 bits per heavy atom. The zero-order valence-electron chi connectivity index (χ0n) is 8.05. The van der Waals surface area contributed by atoms with E-state index in [0.717, 1.165) is 17.5 Å². The van der Waals surface area contributed by atoms with Crippen molar-refractivity contribution in [3.05, 3.63) is 20.8 Å². The summed E-state index contributed by atoms with van der Waals surface area (Å²) in [7, 11) is 0. The van der Waals surface area contributed by atoms with Gasteiger partial charge in [0.05, 0.1) is 12.7 Å². The molecular weight excluding hydrogens is 248 g/mol. The molecule has 0 amide bonds. The van der Waals surface area contributed by atoms with Crippen molar-refractivity contribution in [2.75, 3.05) is 0 Å². The van der Waals surface area contributed by atoms with Crippen LogP contribution >= 0.6 is 27.3 Å². The minimum atomic E-state index is 0.380. The Kier molecular flexibility index (Phi) is 4.99. The summed E-state index contributed by atoms with van der Waals surface area (Å²) in [5, 5.41) is 2.09. The summed E-state index contributed by atoms with van der Waals surface area (Å²) in [6.45, 7) is 5.06. The highest BCUT2D eigenvalue weighted by atomic mass is 79.9. The molecule has 1 unspecified atom stereocenters. The van der Waals surface area contributed by atoms with Gasteiger partial charge in [0.2, 0.25) is 0 Å². The summed E-state index contributed by atoms with van der Waals surface area (Å²) in [6, 6.07) is 2.11. The molecule has 1 rings (SSSR count). The van der Waals surface area contributed by atoms with Gasteiger partial charge < -0.3 is 4.74 Å². The second-order valence-electron chi connectivity index (χ2n) is 3.14. The van der Waals surface area contributed by atoms with Crippen LogP contribution in [0.5, 0.6) is 0 Å². The van der Waals surface area contributed by atoms with Gasteiger partial charge in [0, 0.05) is 14.7 Å². The molecule has 3 heteroatoms. The lowest BCUT2D eigenvalue weighted by molar-refractivity contribution is 0.0488. The summed E-state index contributed by atoms with van der Waals surface area (Å²) in [6.07, 6.45) is 2.72. The predicted molar refractivity (Wildman–Crippen MR) is 61.2 cm³/mol. The average Bonchev–Trinajstić information content (AvgIpc) is 2.49. The molecule has 0 aliphatic heterocycles. The number of thiophene rings is 1. The third kappa shape index (κ3) is 4.25. The van der Waals surface area contributed by atoms with Crippen molar-refractivity contribution < 1.29 is 4.74 Å². The Balaban J connectivity index is 2.26. The van der Waals surface area contributed by atoms with Gasteiger partial charge in [-0.15, -0.1) is 11.3 Å². The first kappa shape index (κ1) is 11.2. The van der Waals surface area contributed by atoms with Gasteiger partial charge >= 0.3 is 0 Å². The maximum absolute atomic E-state index is 5.67. The Morgan fingerprint density at radius 2 is 2.38 bits per heavy atom. The zero-order chi connectivity index (χ0) is 9.68. The third-order valence-electron chi connectivity index (χ3n) is 1.83. The molecule has 1 atom stereocenters. The highest BCUT2D eigenvalue weighted by Gasteiger charge is 2.02. The fraction of sp³-hybridized carbons (Fsp3) is 0.600. The number of ether oxygens (including phenoxy) is 1. The van der Waals surface area contributed by atoms with Gasteiger partial charge in [-0.25, -0.2) is 0 Å². The van der Waals surface area contributed by atoms with Crippen molar-refractivity contribution in [2.45, 2.75) is 39.4 Å². The van der Waals surface area contributed by atoms with E-state index in [9.17, 15) is 0 Å². The summed E-state index contributed by atoms with van der Waals surface area (Å²) < 4.78 is 6.82. The first-order valence-corrected chi connectivity index (χ1v) is 6.24. The number of hydrogen-bond donors (Lipinski definition) is 0. The van der Waals surface area contributed by atoms with Crippen LogP contribution in [0, 0.1) is 0 Å². The van der Waals surface area contributed by atoms with Crippen molar-refractivity contribution >= 4 is 27.3 Å². The Hall–Kier alpha value is 0.140. The molecule has 0 saturated carbocycles. The van der Waals surface area contributed by atoms with Gasteiger partial charge in [-0.3, -0.25) is 0 Å². The molecule has 0 N–H and O–H groups in total. The lowest BCUT2D eigenvalue weighted by Gasteiger charge is -2.10. The molecular formula is C10H15BrOS. The van der Waals surface area contributed by atoms with Crippen molar-refractivity contribution in [2.24, 2.45) is 0 Å². The van der Waals surface area contributed by atoms with Gasteiger partial charge in [-0.1, -0.05) is 13.3 Å². The number of rotatable bonds is 5. The molecule has 0 bridgehead atoms. The van der Waals surface area contributed by atoms with Crippen LogP contribution in [-0.4, -0.2) is 6.10 Å². The minimum Gasteiger partial charge on any atom is -0.373 e. The molecule has 0 aliphatic rings. The van der Waals surface area contributed by atoms with Gasteiger partial charge in [-0.05, 0) is 35.3 Å². The van der Waals surface area contributed by atoms with Gasteiger partial charge in [-0.2, -0.15) is 0 Å². The van der Waals surface area contributed by atoms with E-state index >= 15 is 0 Å². The molecule has 1 nitrogen and oxygen atoms in total. The second-order valence-corrected chi connectivity index (χ2v) is 5.05. The fourth-order valence-corrected chi connectivity index (χ4v) is 2.52. The molecule has 0 fully saturated rings. The van der Waals surface area contributed by atoms with E-state index in [1.54, 1.807) is 11.3 Å². The molecule has 1 heterocycles. The quantitative estimate of drug-likeness (QED) is 0.773.